The van der Waals surface area contributed by atoms with Crippen molar-refractivity contribution in [2.45, 2.75) is 19.8 Å². The van der Waals surface area contributed by atoms with Crippen molar-refractivity contribution >= 4 is 17.5 Å². The van der Waals surface area contributed by atoms with Gasteiger partial charge in [-0.2, -0.15) is 0 Å². The number of benzene rings is 1. The largest absolute Gasteiger partial charge is 0.294 e. The normalized spacial score (nSPS) is 12.3. The molecule has 0 aliphatic rings. The van der Waals surface area contributed by atoms with Crippen molar-refractivity contribution in [2.75, 3.05) is 0 Å². The molecule has 0 aliphatic heterocycles. The van der Waals surface area contributed by atoms with Crippen LogP contribution in [0, 0.1) is 12.7 Å². The second-order valence-electron chi connectivity index (χ2n) is 3.35. The van der Waals surface area contributed by atoms with Gasteiger partial charge in [0.1, 0.15) is 5.82 Å². The van der Waals surface area contributed by atoms with Crippen molar-refractivity contribution in [1.29, 1.82) is 0 Å². The molecule has 1 atom stereocenters. The SMILES string of the molecule is Cc1cc(Cl)c(C(C)C(=O)NN)cc1F. The minimum atomic E-state index is -0.572. The molecule has 0 fully saturated rings. The summed E-state index contributed by atoms with van der Waals surface area (Å²) in [5.74, 6) is 3.63. The van der Waals surface area contributed by atoms with E-state index in [0.29, 0.717) is 16.1 Å². The Hall–Kier alpha value is -1.13. The number of carbonyl (C=O) groups is 1. The minimum absolute atomic E-state index is 0.366. The maximum atomic E-state index is 13.3. The van der Waals surface area contributed by atoms with Crippen LogP contribution >= 0.6 is 11.6 Å². The molecule has 0 heterocycles. The Morgan fingerprint density at radius 1 is 1.60 bits per heavy atom. The summed E-state index contributed by atoms with van der Waals surface area (Å²) in [5.41, 5.74) is 2.89. The van der Waals surface area contributed by atoms with Crippen molar-refractivity contribution in [2.24, 2.45) is 5.84 Å². The summed E-state index contributed by atoms with van der Waals surface area (Å²) >= 11 is 5.91. The Morgan fingerprint density at radius 3 is 2.73 bits per heavy atom. The van der Waals surface area contributed by atoms with Crippen molar-refractivity contribution in [3.8, 4) is 0 Å². The van der Waals surface area contributed by atoms with Gasteiger partial charge in [-0.05, 0) is 37.1 Å². The Bertz CT molecular complexity index is 395. The highest BCUT2D eigenvalue weighted by Crippen LogP contribution is 2.27. The molecule has 0 aliphatic carbocycles. The average molecular weight is 231 g/mol. The summed E-state index contributed by atoms with van der Waals surface area (Å²) < 4.78 is 13.3. The van der Waals surface area contributed by atoms with Gasteiger partial charge in [-0.25, -0.2) is 10.2 Å². The van der Waals surface area contributed by atoms with Crippen molar-refractivity contribution in [3.05, 3.63) is 34.1 Å². The van der Waals surface area contributed by atoms with E-state index < -0.39 is 11.8 Å². The zero-order valence-electron chi connectivity index (χ0n) is 8.47. The van der Waals surface area contributed by atoms with Gasteiger partial charge in [0, 0.05) is 5.02 Å². The van der Waals surface area contributed by atoms with E-state index in [1.54, 1.807) is 13.8 Å². The molecule has 0 radical (unpaired) electrons. The molecule has 1 amide bonds. The zero-order valence-corrected chi connectivity index (χ0v) is 9.23. The third kappa shape index (κ3) is 2.46. The minimum Gasteiger partial charge on any atom is -0.294 e. The van der Waals surface area contributed by atoms with Gasteiger partial charge < -0.3 is 0 Å². The molecule has 1 unspecified atom stereocenters. The van der Waals surface area contributed by atoms with E-state index in [-0.39, 0.29) is 5.82 Å². The van der Waals surface area contributed by atoms with Gasteiger partial charge >= 0.3 is 0 Å². The van der Waals surface area contributed by atoms with Gasteiger partial charge in [0.2, 0.25) is 5.91 Å². The molecule has 0 saturated heterocycles. The molecule has 0 spiro atoms. The van der Waals surface area contributed by atoms with Crippen LogP contribution in [-0.2, 0) is 4.79 Å². The van der Waals surface area contributed by atoms with Gasteiger partial charge in [-0.1, -0.05) is 11.6 Å². The number of nitrogens with two attached hydrogens (primary N) is 1. The lowest BCUT2D eigenvalue weighted by molar-refractivity contribution is -0.122. The van der Waals surface area contributed by atoms with E-state index in [0.717, 1.165) is 0 Å². The summed E-state index contributed by atoms with van der Waals surface area (Å²) in [7, 11) is 0. The quantitative estimate of drug-likeness (QED) is 0.463. The first-order valence-electron chi connectivity index (χ1n) is 4.43. The molecular formula is C10H12ClFN2O. The van der Waals surface area contributed by atoms with Gasteiger partial charge in [-0.3, -0.25) is 10.2 Å². The average Bonchev–Trinajstić information content (AvgIpc) is 2.21. The van der Waals surface area contributed by atoms with E-state index >= 15 is 0 Å². The van der Waals surface area contributed by atoms with Crippen molar-refractivity contribution < 1.29 is 9.18 Å². The highest BCUT2D eigenvalue weighted by Gasteiger charge is 2.18. The Balaban J connectivity index is 3.14. The van der Waals surface area contributed by atoms with Crippen molar-refractivity contribution in [3.63, 3.8) is 0 Å². The second kappa shape index (κ2) is 4.59. The summed E-state index contributed by atoms with van der Waals surface area (Å²) in [6.45, 7) is 3.22. The smallest absolute Gasteiger partial charge is 0.241 e. The first kappa shape index (κ1) is 11.9. The molecular weight excluding hydrogens is 219 g/mol. The lowest BCUT2D eigenvalue weighted by Crippen LogP contribution is -2.33. The molecule has 15 heavy (non-hydrogen) atoms. The number of hydrogen-bond donors (Lipinski definition) is 2. The molecule has 1 rings (SSSR count). The Labute approximate surface area is 92.4 Å². The van der Waals surface area contributed by atoms with E-state index in [1.807, 2.05) is 5.43 Å². The molecule has 0 aromatic heterocycles. The topological polar surface area (TPSA) is 55.1 Å². The number of amides is 1. The van der Waals surface area contributed by atoms with Gasteiger partial charge in [0.25, 0.3) is 0 Å². The fourth-order valence-electron chi connectivity index (χ4n) is 1.26. The summed E-state index contributed by atoms with van der Waals surface area (Å²) in [6.07, 6.45) is 0. The van der Waals surface area contributed by atoms with Crippen LogP contribution in [0.4, 0.5) is 4.39 Å². The number of carbonyl (C=O) groups excluding carboxylic acids is 1. The molecule has 82 valence electrons. The number of rotatable bonds is 2. The van der Waals surface area contributed by atoms with Gasteiger partial charge in [0.05, 0.1) is 5.92 Å². The molecule has 1 aromatic carbocycles. The lowest BCUT2D eigenvalue weighted by atomic mass is 9.99. The molecule has 3 N–H and O–H groups in total. The molecule has 1 aromatic rings. The van der Waals surface area contributed by atoms with Crippen LogP contribution in [0.5, 0.6) is 0 Å². The van der Waals surface area contributed by atoms with Crippen LogP contribution < -0.4 is 11.3 Å². The van der Waals surface area contributed by atoms with E-state index in [2.05, 4.69) is 0 Å². The fourth-order valence-corrected chi connectivity index (χ4v) is 1.64. The summed E-state index contributed by atoms with van der Waals surface area (Å²) in [6, 6.07) is 2.75. The number of aryl methyl sites for hydroxylation is 1. The fraction of sp³-hybridized carbons (Fsp3) is 0.300. The lowest BCUT2D eigenvalue weighted by Gasteiger charge is -2.12. The van der Waals surface area contributed by atoms with Crippen molar-refractivity contribution in [1.82, 2.24) is 5.43 Å². The zero-order chi connectivity index (χ0) is 11.6. The van der Waals surface area contributed by atoms with Crippen LogP contribution in [0.3, 0.4) is 0 Å². The Morgan fingerprint density at radius 2 is 2.20 bits per heavy atom. The third-order valence-corrected chi connectivity index (χ3v) is 2.61. The first-order chi connectivity index (χ1) is 6.97. The summed E-state index contributed by atoms with van der Waals surface area (Å²) in [5, 5.41) is 0.366. The van der Waals surface area contributed by atoms with E-state index in [1.165, 1.54) is 12.1 Å². The maximum Gasteiger partial charge on any atom is 0.241 e. The van der Waals surface area contributed by atoms with E-state index in [9.17, 15) is 9.18 Å². The standard InChI is InChI=1S/C10H12ClFN2O/c1-5-3-8(11)7(4-9(5)12)6(2)10(15)14-13/h3-4,6H,13H2,1-2H3,(H,14,15). The number of halogens is 2. The van der Waals surface area contributed by atoms with E-state index in [4.69, 9.17) is 17.4 Å². The highest BCUT2D eigenvalue weighted by atomic mass is 35.5. The number of hydrazine groups is 1. The predicted octanol–water partition coefficient (Wildman–Crippen LogP) is 1.88. The molecule has 0 saturated carbocycles. The highest BCUT2D eigenvalue weighted by molar-refractivity contribution is 6.31. The van der Waals surface area contributed by atoms with Crippen LogP contribution in [-0.4, -0.2) is 5.91 Å². The van der Waals surface area contributed by atoms with Crippen LogP contribution in [0.2, 0.25) is 5.02 Å². The Kier molecular flexibility index (Phi) is 3.66. The third-order valence-electron chi connectivity index (χ3n) is 2.28. The van der Waals surface area contributed by atoms with Gasteiger partial charge in [0.15, 0.2) is 0 Å². The molecule has 0 bridgehead atoms. The second-order valence-corrected chi connectivity index (χ2v) is 3.76. The summed E-state index contributed by atoms with van der Waals surface area (Å²) in [4.78, 5) is 11.2. The predicted molar refractivity (Wildman–Crippen MR) is 56.9 cm³/mol. The van der Waals surface area contributed by atoms with Crippen LogP contribution in [0.1, 0.15) is 24.0 Å². The first-order valence-corrected chi connectivity index (χ1v) is 4.81. The monoisotopic (exact) mass is 230 g/mol. The number of nitrogens with one attached hydrogen (secondary N) is 1. The molecule has 5 heteroatoms. The van der Waals surface area contributed by atoms with Gasteiger partial charge in [-0.15, -0.1) is 0 Å². The van der Waals surface area contributed by atoms with Crippen LogP contribution in [0.15, 0.2) is 12.1 Å². The number of hydrogen-bond acceptors (Lipinski definition) is 2. The van der Waals surface area contributed by atoms with Crippen LogP contribution in [0.25, 0.3) is 0 Å². The maximum absolute atomic E-state index is 13.3. The molecule has 3 nitrogen and oxygen atoms in total.